The van der Waals surface area contributed by atoms with Gasteiger partial charge in [0.15, 0.2) is 0 Å². The van der Waals surface area contributed by atoms with Gasteiger partial charge in [-0.1, -0.05) is 17.7 Å². The van der Waals surface area contributed by atoms with E-state index in [1.165, 1.54) is 25.0 Å². The van der Waals surface area contributed by atoms with Crippen LogP contribution in [0.4, 0.5) is 4.39 Å². The van der Waals surface area contributed by atoms with Gasteiger partial charge >= 0.3 is 0 Å². The van der Waals surface area contributed by atoms with E-state index in [1.807, 2.05) is 0 Å². The number of halogens is 2. The number of rotatable bonds is 1. The van der Waals surface area contributed by atoms with Crippen molar-refractivity contribution in [2.45, 2.75) is 31.1 Å². The SMILES string of the molecule is N#CC1(c2ccc(F)cc2Cl)CC2(CC2)C1. The first kappa shape index (κ1) is 10.1. The van der Waals surface area contributed by atoms with Gasteiger partial charge in [0, 0.05) is 5.02 Å². The van der Waals surface area contributed by atoms with Gasteiger partial charge in [0.25, 0.3) is 0 Å². The molecule has 1 aromatic carbocycles. The Hall–Kier alpha value is -1.07. The molecule has 0 atom stereocenters. The number of hydrogen-bond acceptors (Lipinski definition) is 1. The van der Waals surface area contributed by atoms with Gasteiger partial charge in [0.1, 0.15) is 5.82 Å². The second kappa shape index (κ2) is 2.99. The van der Waals surface area contributed by atoms with Gasteiger partial charge in [0.2, 0.25) is 0 Å². The summed E-state index contributed by atoms with van der Waals surface area (Å²) in [5.74, 6) is -0.345. The van der Waals surface area contributed by atoms with Gasteiger partial charge in [-0.15, -0.1) is 0 Å². The maximum absolute atomic E-state index is 13.0. The fourth-order valence-corrected chi connectivity index (χ4v) is 3.31. The third-order valence-corrected chi connectivity index (χ3v) is 4.28. The van der Waals surface area contributed by atoms with E-state index in [1.54, 1.807) is 6.07 Å². The smallest absolute Gasteiger partial charge is 0.124 e. The zero-order chi connectivity index (χ0) is 11.4. The van der Waals surface area contributed by atoms with Crippen molar-refractivity contribution >= 4 is 11.6 Å². The standard InChI is InChI=1S/C13H11ClFN/c14-11-5-9(15)1-2-10(11)13(8-16)6-12(7-13)3-4-12/h1-2,5H,3-4,6-7H2. The molecule has 0 N–H and O–H groups in total. The van der Waals surface area contributed by atoms with Crippen molar-refractivity contribution in [1.29, 1.82) is 5.26 Å². The van der Waals surface area contributed by atoms with E-state index in [4.69, 9.17) is 11.6 Å². The second-order valence-corrected chi connectivity index (χ2v) is 5.58. The van der Waals surface area contributed by atoms with Crippen LogP contribution in [0.1, 0.15) is 31.2 Å². The molecule has 2 saturated carbocycles. The van der Waals surface area contributed by atoms with Crippen LogP contribution in [0.3, 0.4) is 0 Å². The molecule has 16 heavy (non-hydrogen) atoms. The number of nitrogens with zero attached hydrogens (tertiary/aromatic N) is 1. The zero-order valence-corrected chi connectivity index (χ0v) is 9.52. The summed E-state index contributed by atoms with van der Waals surface area (Å²) < 4.78 is 13.0. The molecular weight excluding hydrogens is 225 g/mol. The third-order valence-electron chi connectivity index (χ3n) is 3.97. The Kier molecular flexibility index (Phi) is 1.89. The lowest BCUT2D eigenvalue weighted by atomic mass is 9.57. The van der Waals surface area contributed by atoms with Gasteiger partial charge in [-0.05, 0) is 48.8 Å². The summed E-state index contributed by atoms with van der Waals surface area (Å²) in [6, 6.07) is 6.73. The van der Waals surface area contributed by atoms with Crippen LogP contribution in [-0.4, -0.2) is 0 Å². The Morgan fingerprint density at radius 2 is 2.00 bits per heavy atom. The molecule has 0 radical (unpaired) electrons. The molecule has 1 nitrogen and oxygen atoms in total. The Labute approximate surface area is 98.8 Å². The number of hydrogen-bond donors (Lipinski definition) is 0. The lowest BCUT2D eigenvalue weighted by Crippen LogP contribution is -2.41. The van der Waals surface area contributed by atoms with E-state index in [0.29, 0.717) is 10.4 Å². The van der Waals surface area contributed by atoms with Crippen molar-refractivity contribution in [2.24, 2.45) is 5.41 Å². The molecule has 0 saturated heterocycles. The van der Waals surface area contributed by atoms with Crippen LogP contribution < -0.4 is 0 Å². The van der Waals surface area contributed by atoms with Crippen molar-refractivity contribution < 1.29 is 4.39 Å². The molecule has 3 heteroatoms. The first-order chi connectivity index (χ1) is 7.59. The lowest BCUT2D eigenvalue weighted by Gasteiger charge is -2.44. The average Bonchev–Trinajstić information content (AvgIpc) is 2.95. The van der Waals surface area contributed by atoms with E-state index in [9.17, 15) is 9.65 Å². The molecule has 0 bridgehead atoms. The highest BCUT2D eigenvalue weighted by Gasteiger charge is 2.62. The summed E-state index contributed by atoms with van der Waals surface area (Å²) in [6.07, 6.45) is 4.24. The molecule has 0 heterocycles. The van der Waals surface area contributed by atoms with Crippen LogP contribution in [0.2, 0.25) is 5.02 Å². The molecule has 0 amide bonds. The highest BCUT2D eigenvalue weighted by Crippen LogP contribution is 2.69. The molecule has 0 aliphatic heterocycles. The predicted molar refractivity (Wildman–Crippen MR) is 59.6 cm³/mol. The average molecular weight is 236 g/mol. The van der Waals surface area contributed by atoms with Gasteiger partial charge in [-0.3, -0.25) is 0 Å². The first-order valence-corrected chi connectivity index (χ1v) is 5.84. The van der Waals surface area contributed by atoms with Crippen LogP contribution in [0.25, 0.3) is 0 Å². The molecule has 0 unspecified atom stereocenters. The topological polar surface area (TPSA) is 23.8 Å². The van der Waals surface area contributed by atoms with E-state index in [0.717, 1.165) is 18.4 Å². The minimum absolute atomic E-state index is 0.345. The fourth-order valence-electron chi connectivity index (χ4n) is 2.97. The number of nitriles is 1. The number of benzene rings is 1. The normalized spacial score (nSPS) is 23.6. The fraction of sp³-hybridized carbons (Fsp3) is 0.462. The molecule has 3 rings (SSSR count). The van der Waals surface area contributed by atoms with E-state index < -0.39 is 5.41 Å². The largest absolute Gasteiger partial charge is 0.207 e. The Bertz CT molecular complexity index is 491. The summed E-state index contributed by atoms with van der Waals surface area (Å²) in [6.45, 7) is 0. The van der Waals surface area contributed by atoms with E-state index in [2.05, 4.69) is 6.07 Å². The molecule has 2 fully saturated rings. The Morgan fingerprint density at radius 1 is 1.31 bits per heavy atom. The maximum Gasteiger partial charge on any atom is 0.124 e. The van der Waals surface area contributed by atoms with E-state index in [-0.39, 0.29) is 5.82 Å². The van der Waals surface area contributed by atoms with Gasteiger partial charge in [-0.2, -0.15) is 5.26 Å². The van der Waals surface area contributed by atoms with Crippen LogP contribution in [0.15, 0.2) is 18.2 Å². The second-order valence-electron chi connectivity index (χ2n) is 5.17. The molecular formula is C13H11ClFN. The molecule has 1 spiro atoms. The van der Waals surface area contributed by atoms with Crippen molar-refractivity contribution in [2.75, 3.05) is 0 Å². The zero-order valence-electron chi connectivity index (χ0n) is 8.76. The minimum atomic E-state index is -0.457. The summed E-state index contributed by atoms with van der Waals surface area (Å²) in [7, 11) is 0. The van der Waals surface area contributed by atoms with Crippen LogP contribution in [0.5, 0.6) is 0 Å². The van der Waals surface area contributed by atoms with Crippen molar-refractivity contribution in [1.82, 2.24) is 0 Å². The highest BCUT2D eigenvalue weighted by atomic mass is 35.5. The summed E-state index contributed by atoms with van der Waals surface area (Å²) in [5.41, 5.74) is 0.768. The van der Waals surface area contributed by atoms with Crippen molar-refractivity contribution in [3.63, 3.8) is 0 Å². The lowest BCUT2D eigenvalue weighted by molar-refractivity contribution is 0.173. The van der Waals surface area contributed by atoms with Gasteiger partial charge in [-0.25, -0.2) is 4.39 Å². The Morgan fingerprint density at radius 3 is 2.50 bits per heavy atom. The monoisotopic (exact) mass is 235 g/mol. The molecule has 2 aliphatic rings. The highest BCUT2D eigenvalue weighted by molar-refractivity contribution is 6.31. The predicted octanol–water partition coefficient (Wildman–Crippen LogP) is 3.81. The molecule has 1 aromatic rings. The summed E-state index contributed by atoms with van der Waals surface area (Å²) >= 11 is 6.03. The van der Waals surface area contributed by atoms with Crippen LogP contribution in [-0.2, 0) is 5.41 Å². The first-order valence-electron chi connectivity index (χ1n) is 5.46. The van der Waals surface area contributed by atoms with Crippen molar-refractivity contribution in [3.05, 3.63) is 34.6 Å². The minimum Gasteiger partial charge on any atom is -0.207 e. The van der Waals surface area contributed by atoms with Crippen LogP contribution in [0, 0.1) is 22.6 Å². The summed E-state index contributed by atoms with van der Waals surface area (Å²) in [5, 5.41) is 9.73. The Balaban J connectivity index is 1.99. The van der Waals surface area contributed by atoms with E-state index >= 15 is 0 Å². The van der Waals surface area contributed by atoms with Crippen molar-refractivity contribution in [3.8, 4) is 6.07 Å². The maximum atomic E-state index is 13.0. The van der Waals surface area contributed by atoms with Gasteiger partial charge in [0.05, 0.1) is 11.5 Å². The molecule has 0 aromatic heterocycles. The quantitative estimate of drug-likeness (QED) is 0.726. The molecule has 2 aliphatic carbocycles. The third kappa shape index (κ3) is 1.28. The van der Waals surface area contributed by atoms with Crippen LogP contribution >= 0.6 is 11.6 Å². The van der Waals surface area contributed by atoms with Gasteiger partial charge < -0.3 is 0 Å². The molecule has 82 valence electrons. The summed E-state index contributed by atoms with van der Waals surface area (Å²) in [4.78, 5) is 0.